The standard InChI is InChI=1S/C22H27FN2O2S2/c1-14(2)16-6-9-18(10-7-16)29(26,27)25-15(3)21(28-13-22(4,5)24)19-12-17(23)8-11-20(19)25/h6-12,14H,13,24H2,1-5H3. The second-order valence-corrected chi connectivity index (χ2v) is 11.1. The van der Waals surface area contributed by atoms with Gasteiger partial charge in [0.1, 0.15) is 5.82 Å². The van der Waals surface area contributed by atoms with Crippen molar-refractivity contribution in [3.63, 3.8) is 0 Å². The summed E-state index contributed by atoms with van der Waals surface area (Å²) in [6.45, 7) is 9.68. The number of hydrogen-bond donors (Lipinski definition) is 1. The van der Waals surface area contributed by atoms with E-state index in [1.807, 2.05) is 26.0 Å². The van der Waals surface area contributed by atoms with Crippen molar-refractivity contribution in [1.29, 1.82) is 0 Å². The Hall–Kier alpha value is -1.83. The normalized spacial score (nSPS) is 12.8. The van der Waals surface area contributed by atoms with E-state index < -0.39 is 21.4 Å². The molecule has 0 aliphatic rings. The molecule has 0 saturated heterocycles. The SMILES string of the molecule is Cc1c(SCC(C)(C)N)c2cc(F)ccc2n1S(=O)(=O)c1ccc(C(C)C)cc1. The van der Waals surface area contributed by atoms with E-state index in [1.165, 1.54) is 33.9 Å². The van der Waals surface area contributed by atoms with Gasteiger partial charge in [-0.05, 0) is 62.6 Å². The molecule has 0 aliphatic carbocycles. The van der Waals surface area contributed by atoms with Gasteiger partial charge in [0.15, 0.2) is 0 Å². The Labute approximate surface area is 176 Å². The van der Waals surface area contributed by atoms with Crippen molar-refractivity contribution >= 4 is 32.7 Å². The molecule has 0 radical (unpaired) electrons. The van der Waals surface area contributed by atoms with Crippen LogP contribution in [0.15, 0.2) is 52.3 Å². The summed E-state index contributed by atoms with van der Waals surface area (Å²) < 4.78 is 42.3. The van der Waals surface area contributed by atoms with E-state index in [0.717, 1.165) is 10.5 Å². The predicted molar refractivity (Wildman–Crippen MR) is 119 cm³/mol. The van der Waals surface area contributed by atoms with Gasteiger partial charge in [0, 0.05) is 27.3 Å². The average molecular weight is 435 g/mol. The van der Waals surface area contributed by atoms with E-state index in [0.29, 0.717) is 28.3 Å². The zero-order chi connectivity index (χ0) is 21.6. The van der Waals surface area contributed by atoms with Crippen molar-refractivity contribution in [1.82, 2.24) is 3.97 Å². The first kappa shape index (κ1) is 21.9. The van der Waals surface area contributed by atoms with Crippen molar-refractivity contribution in [3.8, 4) is 0 Å². The van der Waals surface area contributed by atoms with E-state index in [1.54, 1.807) is 19.1 Å². The van der Waals surface area contributed by atoms with Crippen LogP contribution in [-0.4, -0.2) is 23.7 Å². The van der Waals surface area contributed by atoms with Crippen molar-refractivity contribution in [2.75, 3.05) is 5.75 Å². The number of nitrogens with zero attached hydrogens (tertiary/aromatic N) is 1. The van der Waals surface area contributed by atoms with E-state index in [2.05, 4.69) is 13.8 Å². The number of aromatic nitrogens is 1. The van der Waals surface area contributed by atoms with Gasteiger partial charge in [0.25, 0.3) is 10.0 Å². The van der Waals surface area contributed by atoms with Crippen LogP contribution >= 0.6 is 11.8 Å². The number of fused-ring (bicyclic) bond motifs is 1. The molecule has 1 heterocycles. The highest BCUT2D eigenvalue weighted by molar-refractivity contribution is 7.99. The molecule has 0 atom stereocenters. The minimum Gasteiger partial charge on any atom is -0.325 e. The summed E-state index contributed by atoms with van der Waals surface area (Å²) in [6, 6.07) is 11.1. The van der Waals surface area contributed by atoms with Gasteiger partial charge < -0.3 is 5.73 Å². The van der Waals surface area contributed by atoms with Gasteiger partial charge >= 0.3 is 0 Å². The van der Waals surface area contributed by atoms with Crippen molar-refractivity contribution in [3.05, 3.63) is 59.5 Å². The molecule has 3 aromatic rings. The lowest BCUT2D eigenvalue weighted by Crippen LogP contribution is -2.34. The van der Waals surface area contributed by atoms with E-state index in [9.17, 15) is 12.8 Å². The lowest BCUT2D eigenvalue weighted by Gasteiger charge is -2.17. The zero-order valence-electron chi connectivity index (χ0n) is 17.4. The molecule has 0 amide bonds. The fraction of sp³-hybridized carbons (Fsp3) is 0.364. The van der Waals surface area contributed by atoms with Crippen LogP contribution in [0.5, 0.6) is 0 Å². The minimum atomic E-state index is -3.83. The molecule has 4 nitrogen and oxygen atoms in total. The largest absolute Gasteiger partial charge is 0.325 e. The van der Waals surface area contributed by atoms with Crippen molar-refractivity contribution in [2.45, 2.75) is 55.9 Å². The van der Waals surface area contributed by atoms with Gasteiger partial charge in [0.2, 0.25) is 0 Å². The molecule has 2 aromatic carbocycles. The van der Waals surface area contributed by atoms with Crippen LogP contribution in [0.3, 0.4) is 0 Å². The third kappa shape index (κ3) is 4.37. The van der Waals surface area contributed by atoms with E-state index in [-0.39, 0.29) is 4.90 Å². The zero-order valence-corrected chi connectivity index (χ0v) is 19.0. The Morgan fingerprint density at radius 3 is 2.31 bits per heavy atom. The lowest BCUT2D eigenvalue weighted by atomic mass is 10.0. The molecule has 0 unspecified atom stereocenters. The molecule has 2 N–H and O–H groups in total. The highest BCUT2D eigenvalue weighted by Crippen LogP contribution is 2.37. The lowest BCUT2D eigenvalue weighted by molar-refractivity contribution is 0.587. The first-order chi connectivity index (χ1) is 13.4. The Kier molecular flexibility index (Phi) is 5.87. The topological polar surface area (TPSA) is 65.1 Å². The van der Waals surface area contributed by atoms with Crippen LogP contribution in [-0.2, 0) is 10.0 Å². The maximum absolute atomic E-state index is 14.0. The summed E-state index contributed by atoms with van der Waals surface area (Å²) in [7, 11) is -3.83. The highest BCUT2D eigenvalue weighted by Gasteiger charge is 2.26. The number of thioether (sulfide) groups is 1. The predicted octanol–water partition coefficient (Wildman–Crippen LogP) is 5.28. The fourth-order valence-electron chi connectivity index (χ4n) is 3.22. The van der Waals surface area contributed by atoms with Gasteiger partial charge in [-0.25, -0.2) is 16.8 Å². The number of rotatable bonds is 6. The summed E-state index contributed by atoms with van der Waals surface area (Å²) in [4.78, 5) is 0.947. The van der Waals surface area contributed by atoms with Gasteiger partial charge in [0.05, 0.1) is 10.4 Å². The summed E-state index contributed by atoms with van der Waals surface area (Å²) in [6.07, 6.45) is 0. The smallest absolute Gasteiger partial charge is 0.268 e. The second kappa shape index (κ2) is 7.78. The molecule has 0 fully saturated rings. The van der Waals surface area contributed by atoms with Crippen LogP contribution in [0.1, 0.15) is 44.9 Å². The highest BCUT2D eigenvalue weighted by atomic mass is 32.2. The quantitative estimate of drug-likeness (QED) is 0.536. The Morgan fingerprint density at radius 2 is 1.76 bits per heavy atom. The van der Waals surface area contributed by atoms with Crippen molar-refractivity contribution in [2.24, 2.45) is 5.73 Å². The third-order valence-corrected chi connectivity index (χ3v) is 8.24. The summed E-state index contributed by atoms with van der Waals surface area (Å²) in [5.41, 5.74) is 7.77. The summed E-state index contributed by atoms with van der Waals surface area (Å²) in [5.74, 6) is 0.487. The van der Waals surface area contributed by atoms with E-state index in [4.69, 9.17) is 5.73 Å². The van der Waals surface area contributed by atoms with Crippen LogP contribution < -0.4 is 5.73 Å². The van der Waals surface area contributed by atoms with Crippen LogP contribution in [0, 0.1) is 12.7 Å². The molecule has 7 heteroatoms. The maximum Gasteiger partial charge on any atom is 0.268 e. The molecule has 0 bridgehead atoms. The fourth-order valence-corrected chi connectivity index (χ4v) is 5.97. The minimum absolute atomic E-state index is 0.210. The average Bonchev–Trinajstić information content (AvgIpc) is 2.90. The maximum atomic E-state index is 14.0. The second-order valence-electron chi connectivity index (χ2n) is 8.35. The number of hydrogen-bond acceptors (Lipinski definition) is 4. The molecular weight excluding hydrogens is 407 g/mol. The Morgan fingerprint density at radius 1 is 1.14 bits per heavy atom. The van der Waals surface area contributed by atoms with Gasteiger partial charge in [-0.2, -0.15) is 0 Å². The van der Waals surface area contributed by atoms with Gasteiger partial charge in [-0.1, -0.05) is 26.0 Å². The first-order valence-electron chi connectivity index (χ1n) is 9.49. The molecular formula is C22H27FN2O2S2. The molecule has 1 aromatic heterocycles. The molecule has 29 heavy (non-hydrogen) atoms. The summed E-state index contributed by atoms with van der Waals surface area (Å²) in [5, 5.41) is 0.583. The molecule has 0 aliphatic heterocycles. The third-order valence-electron chi connectivity index (χ3n) is 4.73. The molecule has 0 saturated carbocycles. The number of nitrogens with two attached hydrogens (primary N) is 1. The van der Waals surface area contributed by atoms with E-state index >= 15 is 0 Å². The number of halogens is 1. The van der Waals surface area contributed by atoms with Crippen molar-refractivity contribution < 1.29 is 12.8 Å². The molecule has 156 valence electrons. The molecule has 0 spiro atoms. The van der Waals surface area contributed by atoms with Crippen LogP contribution in [0.25, 0.3) is 10.9 Å². The number of benzene rings is 2. The van der Waals surface area contributed by atoms with Crippen LogP contribution in [0.2, 0.25) is 0 Å². The summed E-state index contributed by atoms with van der Waals surface area (Å²) >= 11 is 1.45. The van der Waals surface area contributed by atoms with Crippen LogP contribution in [0.4, 0.5) is 4.39 Å². The monoisotopic (exact) mass is 434 g/mol. The Bertz CT molecular complexity index is 1140. The molecule has 3 rings (SSSR count). The first-order valence-corrected chi connectivity index (χ1v) is 11.9. The Balaban J connectivity index is 2.19. The van der Waals surface area contributed by atoms with Gasteiger partial charge in [-0.15, -0.1) is 11.8 Å². The van der Waals surface area contributed by atoms with Gasteiger partial charge in [-0.3, -0.25) is 0 Å².